The zero-order chi connectivity index (χ0) is 13.8. The maximum atomic E-state index is 12.4. The third-order valence-corrected chi connectivity index (χ3v) is 2.90. The second kappa shape index (κ2) is 6.22. The molecule has 0 saturated heterocycles. The summed E-state index contributed by atoms with van der Waals surface area (Å²) in [4.78, 5) is 12.9. The van der Waals surface area contributed by atoms with Crippen molar-refractivity contribution in [3.8, 4) is 0 Å². The van der Waals surface area contributed by atoms with Crippen molar-refractivity contribution in [1.82, 2.24) is 4.90 Å². The van der Waals surface area contributed by atoms with Gasteiger partial charge in [-0.05, 0) is 12.8 Å². The summed E-state index contributed by atoms with van der Waals surface area (Å²) in [6, 6.07) is -0.224. The van der Waals surface area contributed by atoms with Gasteiger partial charge in [-0.3, -0.25) is 4.79 Å². The Balaban J connectivity index is 2.64. The SMILES string of the molecule is CCCCN(CC(F)(F)F)C(=O)C1C=CC(N)C1. The van der Waals surface area contributed by atoms with Gasteiger partial charge in [0.05, 0.1) is 5.92 Å². The molecule has 104 valence electrons. The van der Waals surface area contributed by atoms with Crippen molar-refractivity contribution in [2.45, 2.75) is 38.4 Å². The maximum absolute atomic E-state index is 12.4. The predicted octanol–water partition coefficient (Wildman–Crippen LogP) is 2.08. The average Bonchev–Trinajstić information content (AvgIpc) is 2.68. The highest BCUT2D eigenvalue weighted by atomic mass is 19.4. The summed E-state index contributed by atoms with van der Waals surface area (Å²) in [6.45, 7) is 0.849. The van der Waals surface area contributed by atoms with Crippen LogP contribution in [0, 0.1) is 5.92 Å². The van der Waals surface area contributed by atoms with Gasteiger partial charge < -0.3 is 10.6 Å². The molecule has 3 nitrogen and oxygen atoms in total. The summed E-state index contributed by atoms with van der Waals surface area (Å²) in [7, 11) is 0. The second-order valence-electron chi connectivity index (χ2n) is 4.62. The molecule has 1 aliphatic rings. The molecule has 0 aromatic rings. The molecular weight excluding hydrogens is 245 g/mol. The van der Waals surface area contributed by atoms with Crippen molar-refractivity contribution >= 4 is 5.91 Å². The molecule has 1 aliphatic carbocycles. The van der Waals surface area contributed by atoms with Gasteiger partial charge in [0, 0.05) is 12.6 Å². The van der Waals surface area contributed by atoms with Crippen molar-refractivity contribution in [2.75, 3.05) is 13.1 Å². The molecule has 0 bridgehead atoms. The molecule has 1 amide bonds. The van der Waals surface area contributed by atoms with Gasteiger partial charge >= 0.3 is 6.18 Å². The Labute approximate surface area is 105 Å². The van der Waals surface area contributed by atoms with E-state index in [1.807, 2.05) is 6.92 Å². The number of nitrogens with two attached hydrogens (primary N) is 1. The number of nitrogens with zero attached hydrogens (tertiary/aromatic N) is 1. The summed E-state index contributed by atoms with van der Waals surface area (Å²) in [5.41, 5.74) is 5.61. The fourth-order valence-electron chi connectivity index (χ4n) is 1.98. The largest absolute Gasteiger partial charge is 0.406 e. The number of amides is 1. The van der Waals surface area contributed by atoms with E-state index in [1.54, 1.807) is 12.2 Å². The van der Waals surface area contributed by atoms with E-state index in [-0.39, 0.29) is 12.6 Å². The van der Waals surface area contributed by atoms with Gasteiger partial charge in [-0.1, -0.05) is 25.5 Å². The first-order valence-corrected chi connectivity index (χ1v) is 6.13. The number of carbonyl (C=O) groups is 1. The first-order chi connectivity index (χ1) is 8.33. The van der Waals surface area contributed by atoms with E-state index in [4.69, 9.17) is 5.73 Å². The van der Waals surface area contributed by atoms with Crippen molar-refractivity contribution < 1.29 is 18.0 Å². The smallest absolute Gasteiger partial charge is 0.333 e. The van der Waals surface area contributed by atoms with Gasteiger partial charge in [-0.15, -0.1) is 0 Å². The monoisotopic (exact) mass is 264 g/mol. The highest BCUT2D eigenvalue weighted by Crippen LogP contribution is 2.23. The number of halogens is 3. The van der Waals surface area contributed by atoms with Crippen LogP contribution >= 0.6 is 0 Å². The highest BCUT2D eigenvalue weighted by molar-refractivity contribution is 5.81. The molecule has 0 fully saturated rings. The van der Waals surface area contributed by atoms with Crippen LogP contribution < -0.4 is 5.73 Å². The first kappa shape index (κ1) is 15.0. The lowest BCUT2D eigenvalue weighted by molar-refractivity contribution is -0.163. The van der Waals surface area contributed by atoms with Crippen LogP contribution in [-0.4, -0.2) is 36.1 Å². The molecular formula is C12H19F3N2O. The van der Waals surface area contributed by atoms with Gasteiger partial charge in [0.2, 0.25) is 5.91 Å². The Morgan fingerprint density at radius 3 is 2.56 bits per heavy atom. The van der Waals surface area contributed by atoms with Crippen LogP contribution in [0.1, 0.15) is 26.2 Å². The number of hydrogen-bond acceptors (Lipinski definition) is 2. The van der Waals surface area contributed by atoms with Gasteiger partial charge in [-0.2, -0.15) is 13.2 Å². The predicted molar refractivity (Wildman–Crippen MR) is 62.8 cm³/mol. The van der Waals surface area contributed by atoms with E-state index in [1.165, 1.54) is 0 Å². The third kappa shape index (κ3) is 4.68. The molecule has 0 aliphatic heterocycles. The molecule has 1 rings (SSSR count). The van der Waals surface area contributed by atoms with Crippen LogP contribution in [0.2, 0.25) is 0 Å². The summed E-state index contributed by atoms with van der Waals surface area (Å²) in [5, 5.41) is 0. The fraction of sp³-hybridized carbons (Fsp3) is 0.750. The summed E-state index contributed by atoms with van der Waals surface area (Å²) >= 11 is 0. The zero-order valence-corrected chi connectivity index (χ0v) is 10.4. The molecule has 0 radical (unpaired) electrons. The number of alkyl halides is 3. The van der Waals surface area contributed by atoms with E-state index in [2.05, 4.69) is 0 Å². The molecule has 18 heavy (non-hydrogen) atoms. The minimum atomic E-state index is -4.35. The van der Waals surface area contributed by atoms with Crippen molar-refractivity contribution in [2.24, 2.45) is 11.7 Å². The molecule has 0 aromatic heterocycles. The molecule has 0 spiro atoms. The van der Waals surface area contributed by atoms with Gasteiger partial charge in [-0.25, -0.2) is 0 Å². The average molecular weight is 264 g/mol. The normalized spacial score (nSPS) is 23.4. The van der Waals surface area contributed by atoms with Crippen LogP contribution in [0.4, 0.5) is 13.2 Å². The molecule has 0 heterocycles. The Kier molecular flexibility index (Phi) is 5.19. The zero-order valence-electron chi connectivity index (χ0n) is 10.4. The van der Waals surface area contributed by atoms with Gasteiger partial charge in [0.1, 0.15) is 6.54 Å². The maximum Gasteiger partial charge on any atom is 0.406 e. The van der Waals surface area contributed by atoms with E-state index < -0.39 is 24.5 Å². The third-order valence-electron chi connectivity index (χ3n) is 2.90. The van der Waals surface area contributed by atoms with Crippen LogP contribution in [0.15, 0.2) is 12.2 Å². The molecule has 2 N–H and O–H groups in total. The number of unbranched alkanes of at least 4 members (excludes halogenated alkanes) is 1. The van der Waals surface area contributed by atoms with E-state index in [0.717, 1.165) is 11.3 Å². The molecule has 6 heteroatoms. The molecule has 2 atom stereocenters. The van der Waals surface area contributed by atoms with Crippen LogP contribution in [-0.2, 0) is 4.79 Å². The topological polar surface area (TPSA) is 46.3 Å². The van der Waals surface area contributed by atoms with E-state index >= 15 is 0 Å². The van der Waals surface area contributed by atoms with E-state index in [9.17, 15) is 18.0 Å². The molecule has 2 unspecified atom stereocenters. The summed E-state index contributed by atoms with van der Waals surface area (Å²) in [5.74, 6) is -0.968. The minimum absolute atomic E-state index is 0.147. The Bertz CT molecular complexity index is 315. The molecule has 0 aromatic carbocycles. The lowest BCUT2D eigenvalue weighted by Crippen LogP contribution is -2.42. The van der Waals surface area contributed by atoms with Crippen molar-refractivity contribution in [1.29, 1.82) is 0 Å². The molecule has 0 saturated carbocycles. The number of carbonyl (C=O) groups excluding carboxylic acids is 1. The second-order valence-corrected chi connectivity index (χ2v) is 4.62. The quantitative estimate of drug-likeness (QED) is 0.773. The van der Waals surface area contributed by atoms with Crippen molar-refractivity contribution in [3.05, 3.63) is 12.2 Å². The Morgan fingerprint density at radius 1 is 1.44 bits per heavy atom. The van der Waals surface area contributed by atoms with Gasteiger partial charge in [0.15, 0.2) is 0 Å². The Hall–Kier alpha value is -1.04. The standard InChI is InChI=1S/C12H19F3N2O/c1-2-3-6-17(8-12(13,14)15)11(18)9-4-5-10(16)7-9/h4-5,9-10H,2-3,6-8,16H2,1H3. The minimum Gasteiger partial charge on any atom is -0.333 e. The first-order valence-electron chi connectivity index (χ1n) is 6.13. The van der Waals surface area contributed by atoms with Crippen LogP contribution in [0.5, 0.6) is 0 Å². The van der Waals surface area contributed by atoms with E-state index in [0.29, 0.717) is 12.8 Å². The summed E-state index contributed by atoms with van der Waals surface area (Å²) < 4.78 is 37.3. The number of rotatable bonds is 5. The van der Waals surface area contributed by atoms with Crippen molar-refractivity contribution in [3.63, 3.8) is 0 Å². The summed E-state index contributed by atoms with van der Waals surface area (Å²) in [6.07, 6.45) is 0.662. The number of hydrogen-bond donors (Lipinski definition) is 1. The van der Waals surface area contributed by atoms with Crippen LogP contribution in [0.3, 0.4) is 0 Å². The van der Waals surface area contributed by atoms with Gasteiger partial charge in [0.25, 0.3) is 0 Å². The highest BCUT2D eigenvalue weighted by Gasteiger charge is 2.35. The Morgan fingerprint density at radius 2 is 2.11 bits per heavy atom. The van der Waals surface area contributed by atoms with Crippen LogP contribution in [0.25, 0.3) is 0 Å². The lowest BCUT2D eigenvalue weighted by atomic mass is 10.1. The fourth-order valence-corrected chi connectivity index (χ4v) is 1.98. The lowest BCUT2D eigenvalue weighted by Gasteiger charge is -2.26.